The molecular formula is C16H32N2O. The Labute approximate surface area is 119 Å². The number of ether oxygens (including phenoxy) is 1. The highest BCUT2D eigenvalue weighted by Crippen LogP contribution is 2.45. The van der Waals surface area contributed by atoms with E-state index in [1.807, 2.05) is 0 Å². The van der Waals surface area contributed by atoms with E-state index in [1.54, 1.807) is 0 Å². The highest BCUT2D eigenvalue weighted by Gasteiger charge is 2.43. The third kappa shape index (κ3) is 3.71. The summed E-state index contributed by atoms with van der Waals surface area (Å²) >= 11 is 0. The van der Waals surface area contributed by atoms with Crippen LogP contribution in [0.1, 0.15) is 52.4 Å². The molecule has 3 nitrogen and oxygen atoms in total. The Kier molecular flexibility index (Phi) is 5.67. The van der Waals surface area contributed by atoms with Crippen LogP contribution in [-0.2, 0) is 4.74 Å². The molecule has 1 heterocycles. The average Bonchev–Trinajstić information content (AvgIpc) is 2.42. The monoisotopic (exact) mass is 268 g/mol. The Balaban J connectivity index is 1.82. The van der Waals surface area contributed by atoms with Crippen molar-refractivity contribution in [1.82, 2.24) is 10.2 Å². The predicted octanol–water partition coefficient (Wildman–Crippen LogP) is 2.66. The first-order chi connectivity index (χ1) is 9.23. The Morgan fingerprint density at radius 1 is 1.32 bits per heavy atom. The Hall–Kier alpha value is -0.120. The van der Waals surface area contributed by atoms with Crippen molar-refractivity contribution in [2.24, 2.45) is 5.92 Å². The molecule has 3 heteroatoms. The van der Waals surface area contributed by atoms with Crippen LogP contribution >= 0.6 is 0 Å². The van der Waals surface area contributed by atoms with E-state index in [9.17, 15) is 0 Å². The minimum Gasteiger partial charge on any atom is -0.375 e. The van der Waals surface area contributed by atoms with E-state index in [-0.39, 0.29) is 5.60 Å². The topological polar surface area (TPSA) is 24.5 Å². The van der Waals surface area contributed by atoms with E-state index in [4.69, 9.17) is 4.74 Å². The molecule has 1 spiro atoms. The van der Waals surface area contributed by atoms with Gasteiger partial charge in [0.05, 0.1) is 5.60 Å². The van der Waals surface area contributed by atoms with Gasteiger partial charge in [-0.2, -0.15) is 0 Å². The van der Waals surface area contributed by atoms with Crippen molar-refractivity contribution in [3.8, 4) is 0 Å². The van der Waals surface area contributed by atoms with Crippen molar-refractivity contribution < 1.29 is 4.74 Å². The molecule has 112 valence electrons. The molecule has 2 fully saturated rings. The fraction of sp³-hybridized carbons (Fsp3) is 1.00. The maximum absolute atomic E-state index is 6.06. The van der Waals surface area contributed by atoms with Crippen LogP contribution < -0.4 is 5.32 Å². The number of rotatable bonds is 7. The summed E-state index contributed by atoms with van der Waals surface area (Å²) in [6.07, 6.45) is 7.78. The van der Waals surface area contributed by atoms with Crippen LogP contribution in [-0.4, -0.2) is 49.8 Å². The minimum absolute atomic E-state index is 0.285. The quantitative estimate of drug-likeness (QED) is 0.768. The molecule has 1 saturated carbocycles. The first-order valence-corrected chi connectivity index (χ1v) is 8.26. The van der Waals surface area contributed by atoms with E-state index < -0.39 is 0 Å². The zero-order valence-corrected chi connectivity index (χ0v) is 13.1. The number of nitrogens with one attached hydrogen (secondary N) is 1. The first-order valence-electron chi connectivity index (χ1n) is 8.26. The number of hydrogen-bond acceptors (Lipinski definition) is 3. The summed E-state index contributed by atoms with van der Waals surface area (Å²) in [5.41, 5.74) is 0.285. The summed E-state index contributed by atoms with van der Waals surface area (Å²) in [6, 6.07) is 0.668. The van der Waals surface area contributed by atoms with Crippen molar-refractivity contribution >= 4 is 0 Å². The highest BCUT2D eigenvalue weighted by molar-refractivity contribution is 4.96. The highest BCUT2D eigenvalue weighted by atomic mass is 16.5. The van der Waals surface area contributed by atoms with Gasteiger partial charge >= 0.3 is 0 Å². The van der Waals surface area contributed by atoms with Crippen molar-refractivity contribution in [3.63, 3.8) is 0 Å². The number of hydrogen-bond donors (Lipinski definition) is 1. The molecule has 2 rings (SSSR count). The van der Waals surface area contributed by atoms with Gasteiger partial charge in [0.2, 0.25) is 0 Å². The lowest BCUT2D eigenvalue weighted by Gasteiger charge is -2.49. The second-order valence-corrected chi connectivity index (χ2v) is 6.35. The molecule has 1 aliphatic heterocycles. The SMILES string of the molecule is CCN(CC)CCC(NC)C1CCOC2(CCC2)C1. The largest absolute Gasteiger partial charge is 0.375 e. The maximum Gasteiger partial charge on any atom is 0.0685 e. The average molecular weight is 268 g/mol. The van der Waals surface area contributed by atoms with Crippen molar-refractivity contribution in [2.45, 2.75) is 64.0 Å². The zero-order chi connectivity index (χ0) is 13.7. The molecular weight excluding hydrogens is 236 g/mol. The standard InChI is InChI=1S/C16H32N2O/c1-4-18(5-2)11-7-15(17-3)14-8-12-19-16(13-14)9-6-10-16/h14-15,17H,4-13H2,1-3H3. The molecule has 1 N–H and O–H groups in total. The molecule has 0 aromatic heterocycles. The number of nitrogens with zero attached hydrogens (tertiary/aromatic N) is 1. The predicted molar refractivity (Wildman–Crippen MR) is 80.5 cm³/mol. The molecule has 0 radical (unpaired) electrons. The molecule has 0 bridgehead atoms. The summed E-state index contributed by atoms with van der Waals surface area (Å²) < 4.78 is 6.06. The molecule has 1 aliphatic carbocycles. The Bertz CT molecular complexity index is 261. The first kappa shape index (κ1) is 15.3. The second-order valence-electron chi connectivity index (χ2n) is 6.35. The third-order valence-corrected chi connectivity index (χ3v) is 5.39. The smallest absolute Gasteiger partial charge is 0.0685 e. The van der Waals surface area contributed by atoms with Crippen LogP contribution in [0.5, 0.6) is 0 Å². The minimum atomic E-state index is 0.285. The van der Waals surface area contributed by atoms with E-state index >= 15 is 0 Å². The van der Waals surface area contributed by atoms with Crippen LogP contribution in [0.2, 0.25) is 0 Å². The summed E-state index contributed by atoms with van der Waals surface area (Å²) in [6.45, 7) is 9.07. The van der Waals surface area contributed by atoms with Gasteiger partial charge in [0.1, 0.15) is 0 Å². The molecule has 0 aromatic carbocycles. The van der Waals surface area contributed by atoms with Gasteiger partial charge in [-0.05, 0) is 71.1 Å². The van der Waals surface area contributed by atoms with E-state index in [0.29, 0.717) is 6.04 Å². The molecule has 1 saturated heterocycles. The van der Waals surface area contributed by atoms with Crippen LogP contribution in [0.15, 0.2) is 0 Å². The fourth-order valence-electron chi connectivity index (χ4n) is 3.81. The molecule has 0 amide bonds. The van der Waals surface area contributed by atoms with Gasteiger partial charge in [0.25, 0.3) is 0 Å². The van der Waals surface area contributed by atoms with Gasteiger partial charge in [0.15, 0.2) is 0 Å². The Morgan fingerprint density at radius 2 is 2.05 bits per heavy atom. The van der Waals surface area contributed by atoms with Gasteiger partial charge in [0, 0.05) is 12.6 Å². The fourth-order valence-corrected chi connectivity index (χ4v) is 3.81. The Morgan fingerprint density at radius 3 is 2.58 bits per heavy atom. The summed E-state index contributed by atoms with van der Waals surface area (Å²) in [4.78, 5) is 2.53. The van der Waals surface area contributed by atoms with E-state index in [1.165, 1.54) is 58.2 Å². The summed E-state index contributed by atoms with van der Waals surface area (Å²) in [7, 11) is 2.13. The summed E-state index contributed by atoms with van der Waals surface area (Å²) in [5.74, 6) is 0.814. The van der Waals surface area contributed by atoms with Gasteiger partial charge in [-0.3, -0.25) is 0 Å². The van der Waals surface area contributed by atoms with Crippen LogP contribution in [0.25, 0.3) is 0 Å². The molecule has 2 aliphatic rings. The molecule has 2 unspecified atom stereocenters. The molecule has 19 heavy (non-hydrogen) atoms. The van der Waals surface area contributed by atoms with Crippen LogP contribution in [0.3, 0.4) is 0 Å². The lowest BCUT2D eigenvalue weighted by atomic mass is 9.70. The normalized spacial score (nSPS) is 27.5. The lowest BCUT2D eigenvalue weighted by Crippen LogP contribution is -2.50. The van der Waals surface area contributed by atoms with Crippen LogP contribution in [0.4, 0.5) is 0 Å². The zero-order valence-electron chi connectivity index (χ0n) is 13.1. The molecule has 0 aromatic rings. The van der Waals surface area contributed by atoms with Gasteiger partial charge in [-0.1, -0.05) is 13.8 Å². The van der Waals surface area contributed by atoms with Gasteiger partial charge < -0.3 is 15.0 Å². The van der Waals surface area contributed by atoms with E-state index in [2.05, 4.69) is 31.1 Å². The lowest BCUT2D eigenvalue weighted by molar-refractivity contribution is -0.147. The molecule has 2 atom stereocenters. The van der Waals surface area contributed by atoms with Crippen LogP contribution in [0, 0.1) is 5.92 Å². The third-order valence-electron chi connectivity index (χ3n) is 5.39. The van der Waals surface area contributed by atoms with E-state index in [0.717, 1.165) is 12.5 Å². The van der Waals surface area contributed by atoms with Crippen molar-refractivity contribution in [1.29, 1.82) is 0 Å². The van der Waals surface area contributed by atoms with Crippen molar-refractivity contribution in [2.75, 3.05) is 33.3 Å². The van der Waals surface area contributed by atoms with Crippen molar-refractivity contribution in [3.05, 3.63) is 0 Å². The maximum atomic E-state index is 6.06. The second kappa shape index (κ2) is 7.05. The van der Waals surface area contributed by atoms with Gasteiger partial charge in [-0.25, -0.2) is 0 Å². The summed E-state index contributed by atoms with van der Waals surface area (Å²) in [5, 5.41) is 3.58. The van der Waals surface area contributed by atoms with Gasteiger partial charge in [-0.15, -0.1) is 0 Å².